The summed E-state index contributed by atoms with van der Waals surface area (Å²) < 4.78 is 38.0. The summed E-state index contributed by atoms with van der Waals surface area (Å²) in [5, 5.41) is 14.0. The highest BCUT2D eigenvalue weighted by atomic mass is 32.1. The Bertz CT molecular complexity index is 1020. The van der Waals surface area contributed by atoms with Crippen LogP contribution in [-0.4, -0.2) is 28.0 Å². The monoisotopic (exact) mass is 434 g/mol. The molecule has 0 aliphatic carbocycles. The van der Waals surface area contributed by atoms with Crippen LogP contribution in [0.5, 0.6) is 0 Å². The first-order valence-corrected chi connectivity index (χ1v) is 9.78. The van der Waals surface area contributed by atoms with Crippen molar-refractivity contribution in [2.75, 3.05) is 0 Å². The van der Waals surface area contributed by atoms with Crippen molar-refractivity contribution < 1.29 is 27.9 Å². The van der Waals surface area contributed by atoms with Gasteiger partial charge in [-0.3, -0.25) is 4.79 Å². The zero-order chi connectivity index (χ0) is 21.7. The van der Waals surface area contributed by atoms with Crippen LogP contribution in [0, 0.1) is 0 Å². The van der Waals surface area contributed by atoms with Crippen LogP contribution in [0.2, 0.25) is 0 Å². The number of benzene rings is 2. The minimum absolute atomic E-state index is 0.129. The van der Waals surface area contributed by atoms with Crippen LogP contribution in [0.15, 0.2) is 60.0 Å². The molecular weight excluding hydrogens is 417 g/mol. The molecule has 0 saturated heterocycles. The van der Waals surface area contributed by atoms with E-state index in [-0.39, 0.29) is 12.8 Å². The number of aliphatic carboxylic acids is 1. The number of hydrogen-bond acceptors (Lipinski definition) is 4. The van der Waals surface area contributed by atoms with Gasteiger partial charge in [-0.15, -0.1) is 11.3 Å². The first-order chi connectivity index (χ1) is 14.2. The number of nitrogens with zero attached hydrogens (tertiary/aromatic N) is 1. The van der Waals surface area contributed by atoms with Gasteiger partial charge in [-0.25, -0.2) is 9.78 Å². The molecule has 1 atom stereocenters. The lowest BCUT2D eigenvalue weighted by molar-refractivity contribution is -0.141. The largest absolute Gasteiger partial charge is 0.480 e. The van der Waals surface area contributed by atoms with E-state index in [2.05, 4.69) is 10.3 Å². The van der Waals surface area contributed by atoms with Crippen molar-refractivity contribution in [1.82, 2.24) is 10.3 Å². The second-order valence-corrected chi connectivity index (χ2v) is 7.40. The third-order valence-corrected chi connectivity index (χ3v) is 5.21. The number of halogens is 3. The van der Waals surface area contributed by atoms with E-state index in [9.17, 15) is 27.9 Å². The van der Waals surface area contributed by atoms with Crippen molar-refractivity contribution in [3.8, 4) is 10.6 Å². The lowest BCUT2D eigenvalue weighted by Gasteiger charge is -2.14. The molecule has 0 unspecified atom stereocenters. The molecule has 2 aromatic carbocycles. The van der Waals surface area contributed by atoms with Gasteiger partial charge in [0.05, 0.1) is 17.7 Å². The zero-order valence-corrected chi connectivity index (χ0v) is 16.3. The highest BCUT2D eigenvalue weighted by molar-refractivity contribution is 7.13. The molecular formula is C21H17F3N2O3S. The Morgan fingerprint density at radius 2 is 1.73 bits per heavy atom. The third-order valence-electron chi connectivity index (χ3n) is 4.27. The van der Waals surface area contributed by atoms with E-state index >= 15 is 0 Å². The fraction of sp³-hybridized carbons (Fsp3) is 0.190. The summed E-state index contributed by atoms with van der Waals surface area (Å²) in [6.07, 6.45) is -4.39. The summed E-state index contributed by atoms with van der Waals surface area (Å²) in [5.74, 6) is -1.64. The summed E-state index contributed by atoms with van der Waals surface area (Å²) in [6, 6.07) is 12.5. The van der Waals surface area contributed by atoms with Gasteiger partial charge in [0.15, 0.2) is 0 Å². The Labute approximate surface area is 174 Å². The molecule has 0 spiro atoms. The summed E-state index contributed by atoms with van der Waals surface area (Å²) in [7, 11) is 0. The van der Waals surface area contributed by atoms with E-state index in [0.717, 1.165) is 17.7 Å². The summed E-state index contributed by atoms with van der Waals surface area (Å²) in [6.45, 7) is 0. The molecule has 0 saturated carbocycles. The molecule has 0 bridgehead atoms. The van der Waals surface area contributed by atoms with Gasteiger partial charge in [-0.2, -0.15) is 13.2 Å². The number of carboxylic acids is 1. The molecule has 1 amide bonds. The van der Waals surface area contributed by atoms with Crippen molar-refractivity contribution in [3.05, 3.63) is 76.8 Å². The van der Waals surface area contributed by atoms with Crippen LogP contribution in [0.25, 0.3) is 10.6 Å². The van der Waals surface area contributed by atoms with E-state index in [0.29, 0.717) is 16.3 Å². The average Bonchev–Trinajstić information content (AvgIpc) is 3.16. The van der Waals surface area contributed by atoms with Gasteiger partial charge < -0.3 is 10.4 Å². The summed E-state index contributed by atoms with van der Waals surface area (Å²) in [5.41, 5.74) is 0.951. The Morgan fingerprint density at radius 1 is 1.07 bits per heavy atom. The van der Waals surface area contributed by atoms with E-state index in [1.54, 1.807) is 29.6 Å². The molecule has 5 nitrogen and oxygen atoms in total. The molecule has 3 aromatic rings. The van der Waals surface area contributed by atoms with Crippen molar-refractivity contribution in [1.29, 1.82) is 0 Å². The first kappa shape index (κ1) is 21.5. The molecule has 30 heavy (non-hydrogen) atoms. The normalized spacial score (nSPS) is 12.4. The lowest BCUT2D eigenvalue weighted by Crippen LogP contribution is -2.43. The van der Waals surface area contributed by atoms with E-state index < -0.39 is 29.7 Å². The number of alkyl halides is 3. The Balaban J connectivity index is 1.63. The van der Waals surface area contributed by atoms with Crippen molar-refractivity contribution in [3.63, 3.8) is 0 Å². The van der Waals surface area contributed by atoms with Gasteiger partial charge in [-0.1, -0.05) is 42.5 Å². The van der Waals surface area contributed by atoms with Gasteiger partial charge in [0.2, 0.25) is 5.91 Å². The van der Waals surface area contributed by atoms with Crippen LogP contribution in [0.4, 0.5) is 13.2 Å². The molecule has 0 aliphatic rings. The molecule has 156 valence electrons. The van der Waals surface area contributed by atoms with Gasteiger partial charge in [0.1, 0.15) is 11.0 Å². The van der Waals surface area contributed by atoms with Crippen LogP contribution < -0.4 is 5.32 Å². The summed E-state index contributed by atoms with van der Waals surface area (Å²) in [4.78, 5) is 28.0. The lowest BCUT2D eigenvalue weighted by atomic mass is 10.1. The third kappa shape index (κ3) is 5.66. The predicted molar refractivity (Wildman–Crippen MR) is 106 cm³/mol. The quantitative estimate of drug-likeness (QED) is 0.585. The van der Waals surface area contributed by atoms with E-state index in [4.69, 9.17) is 0 Å². The number of carbonyl (C=O) groups is 2. The molecule has 0 fully saturated rings. The van der Waals surface area contributed by atoms with Crippen molar-refractivity contribution >= 4 is 23.2 Å². The molecule has 1 heterocycles. The Kier molecular flexibility index (Phi) is 6.51. The number of hydrogen-bond donors (Lipinski definition) is 2. The minimum Gasteiger partial charge on any atom is -0.480 e. The van der Waals surface area contributed by atoms with Crippen LogP contribution >= 0.6 is 11.3 Å². The van der Waals surface area contributed by atoms with Crippen LogP contribution in [0.1, 0.15) is 16.8 Å². The van der Waals surface area contributed by atoms with Crippen LogP contribution in [-0.2, 0) is 28.6 Å². The van der Waals surface area contributed by atoms with Gasteiger partial charge in [0, 0.05) is 17.4 Å². The molecule has 0 radical (unpaired) electrons. The number of nitrogens with one attached hydrogen (secondary N) is 1. The topological polar surface area (TPSA) is 79.3 Å². The Morgan fingerprint density at radius 3 is 2.33 bits per heavy atom. The second kappa shape index (κ2) is 9.08. The van der Waals surface area contributed by atoms with Gasteiger partial charge in [-0.05, 0) is 17.7 Å². The number of aromatic nitrogens is 1. The highest BCUT2D eigenvalue weighted by Gasteiger charge is 2.30. The van der Waals surface area contributed by atoms with E-state index in [1.165, 1.54) is 23.5 Å². The number of carboxylic acid groups (broad SMARTS) is 1. The highest BCUT2D eigenvalue weighted by Crippen LogP contribution is 2.31. The van der Waals surface area contributed by atoms with E-state index in [1.807, 2.05) is 6.07 Å². The van der Waals surface area contributed by atoms with Crippen molar-refractivity contribution in [2.45, 2.75) is 25.1 Å². The second-order valence-electron chi connectivity index (χ2n) is 6.54. The predicted octanol–water partition coefficient (Wildman–Crippen LogP) is 4.18. The van der Waals surface area contributed by atoms with Crippen LogP contribution in [0.3, 0.4) is 0 Å². The number of carbonyl (C=O) groups excluding carboxylic acids is 1. The smallest absolute Gasteiger partial charge is 0.416 e. The molecule has 9 heteroatoms. The molecule has 3 rings (SSSR count). The van der Waals surface area contributed by atoms with Gasteiger partial charge in [0.25, 0.3) is 0 Å². The maximum absolute atomic E-state index is 12.7. The standard InChI is InChI=1S/C21H17F3N2O3S/c22-21(23,24)15-8-6-14(7-9-15)19-25-16(12-30-19)11-18(27)26-17(20(28)29)10-13-4-2-1-3-5-13/h1-9,12,17H,10-11H2,(H,26,27)(H,28,29)/t17-/m0/s1. The fourth-order valence-electron chi connectivity index (χ4n) is 2.78. The molecule has 0 aliphatic heterocycles. The van der Waals surface area contributed by atoms with Gasteiger partial charge >= 0.3 is 12.1 Å². The van der Waals surface area contributed by atoms with Crippen molar-refractivity contribution in [2.24, 2.45) is 0 Å². The fourth-order valence-corrected chi connectivity index (χ4v) is 3.61. The molecule has 1 aromatic heterocycles. The summed E-state index contributed by atoms with van der Waals surface area (Å²) >= 11 is 1.20. The molecule has 2 N–H and O–H groups in total. The maximum atomic E-state index is 12.7. The maximum Gasteiger partial charge on any atom is 0.416 e. The minimum atomic E-state index is -4.41. The first-order valence-electron chi connectivity index (χ1n) is 8.90. The average molecular weight is 434 g/mol. The number of rotatable bonds is 7. The number of thiazole rings is 1. The Hall–Kier alpha value is -3.20. The number of amides is 1. The SMILES string of the molecule is O=C(Cc1csc(-c2ccc(C(F)(F)F)cc2)n1)N[C@@H](Cc1ccccc1)C(=O)O. The zero-order valence-electron chi connectivity index (χ0n) is 15.5.